The van der Waals surface area contributed by atoms with Crippen LogP contribution in [-0.4, -0.2) is 16.8 Å². The lowest BCUT2D eigenvalue weighted by Gasteiger charge is -2.25. The van der Waals surface area contributed by atoms with E-state index in [1.54, 1.807) is 0 Å². The van der Waals surface area contributed by atoms with Gasteiger partial charge in [0.2, 0.25) is 0 Å². The van der Waals surface area contributed by atoms with Crippen molar-refractivity contribution in [2.75, 3.05) is 5.33 Å². The van der Waals surface area contributed by atoms with Crippen molar-refractivity contribution < 1.29 is 4.79 Å². The number of nitrogens with one attached hydrogen (secondary N) is 1. The fourth-order valence-corrected chi connectivity index (χ4v) is 3.25. The summed E-state index contributed by atoms with van der Waals surface area (Å²) in [7, 11) is 0. The Balaban J connectivity index is 2.86. The number of hydrogen-bond donors (Lipinski definition) is 1. The first-order valence-corrected chi connectivity index (χ1v) is 8.18. The molecule has 0 aliphatic carbocycles. The molecule has 17 heavy (non-hydrogen) atoms. The van der Waals surface area contributed by atoms with Crippen LogP contribution < -0.4 is 5.32 Å². The molecule has 0 saturated carbocycles. The Hall–Kier alpha value is 0.380. The summed E-state index contributed by atoms with van der Waals surface area (Å²) in [6.45, 7) is 4.04. The van der Waals surface area contributed by atoms with E-state index in [-0.39, 0.29) is 11.4 Å². The van der Waals surface area contributed by atoms with Crippen LogP contribution in [0.4, 0.5) is 0 Å². The van der Waals surface area contributed by atoms with Crippen molar-refractivity contribution >= 4 is 60.4 Å². The molecule has 1 N–H and O–H groups in total. The van der Waals surface area contributed by atoms with Crippen molar-refractivity contribution in [1.29, 1.82) is 0 Å². The van der Waals surface area contributed by atoms with Gasteiger partial charge in [0.1, 0.15) is 0 Å². The Kier molecular flexibility index (Phi) is 5.92. The van der Waals surface area contributed by atoms with Gasteiger partial charge in [-0.05, 0) is 77.0 Å². The Morgan fingerprint density at radius 2 is 2.12 bits per heavy atom. The maximum Gasteiger partial charge on any atom is 0.252 e. The molecule has 0 aliphatic heterocycles. The van der Waals surface area contributed by atoms with E-state index in [9.17, 15) is 4.79 Å². The molecule has 0 heterocycles. The molecule has 0 radical (unpaired) electrons. The molecular formula is C12H14Br2INO. The molecule has 5 heteroatoms. The summed E-state index contributed by atoms with van der Waals surface area (Å²) in [6.07, 6.45) is 0.889. The number of benzene rings is 1. The Bertz CT molecular complexity index is 421. The number of rotatable bonds is 4. The lowest BCUT2D eigenvalue weighted by molar-refractivity contribution is 0.0911. The molecule has 1 aromatic carbocycles. The highest BCUT2D eigenvalue weighted by Crippen LogP contribution is 2.21. The normalized spacial score (nSPS) is 11.4. The fraction of sp³-hybridized carbons (Fsp3) is 0.417. The van der Waals surface area contributed by atoms with E-state index in [0.717, 1.165) is 19.8 Å². The van der Waals surface area contributed by atoms with Crippen LogP contribution in [0.15, 0.2) is 22.7 Å². The SMILES string of the molecule is CC(C)(CCBr)NC(=O)c1cc(I)ccc1Br. The van der Waals surface area contributed by atoms with Gasteiger partial charge in [-0.3, -0.25) is 4.79 Å². The van der Waals surface area contributed by atoms with Crippen LogP contribution in [0.3, 0.4) is 0 Å². The molecule has 0 atom stereocenters. The number of alkyl halides is 1. The molecule has 2 nitrogen and oxygen atoms in total. The smallest absolute Gasteiger partial charge is 0.252 e. The van der Waals surface area contributed by atoms with Crippen molar-refractivity contribution in [3.05, 3.63) is 31.8 Å². The molecule has 1 aromatic rings. The number of carbonyl (C=O) groups is 1. The molecule has 0 aliphatic rings. The molecule has 1 rings (SSSR count). The van der Waals surface area contributed by atoms with Crippen LogP contribution in [-0.2, 0) is 0 Å². The van der Waals surface area contributed by atoms with Gasteiger partial charge in [-0.2, -0.15) is 0 Å². The third kappa shape index (κ3) is 4.87. The molecule has 0 spiro atoms. The van der Waals surface area contributed by atoms with Gasteiger partial charge in [0.25, 0.3) is 5.91 Å². The van der Waals surface area contributed by atoms with Gasteiger partial charge in [-0.15, -0.1) is 0 Å². The maximum atomic E-state index is 12.1. The molecule has 0 saturated heterocycles. The summed E-state index contributed by atoms with van der Waals surface area (Å²) in [5.41, 5.74) is 0.473. The topological polar surface area (TPSA) is 29.1 Å². The summed E-state index contributed by atoms with van der Waals surface area (Å²) >= 11 is 9.00. The highest BCUT2D eigenvalue weighted by molar-refractivity contribution is 14.1. The minimum absolute atomic E-state index is 0.0404. The minimum atomic E-state index is -0.207. The van der Waals surface area contributed by atoms with Crippen LogP contribution in [0.5, 0.6) is 0 Å². The van der Waals surface area contributed by atoms with Crippen LogP contribution in [0.2, 0.25) is 0 Å². The first kappa shape index (κ1) is 15.4. The monoisotopic (exact) mass is 473 g/mol. The Morgan fingerprint density at radius 1 is 1.47 bits per heavy atom. The number of amides is 1. The highest BCUT2D eigenvalue weighted by Gasteiger charge is 2.21. The molecule has 1 amide bonds. The van der Waals surface area contributed by atoms with Gasteiger partial charge in [-0.1, -0.05) is 15.9 Å². The second-order valence-corrected chi connectivity index (χ2v) is 7.29. The minimum Gasteiger partial charge on any atom is -0.347 e. The highest BCUT2D eigenvalue weighted by atomic mass is 127. The lowest BCUT2D eigenvalue weighted by Crippen LogP contribution is -2.43. The van der Waals surface area contributed by atoms with Gasteiger partial charge in [0.05, 0.1) is 5.56 Å². The van der Waals surface area contributed by atoms with Gasteiger partial charge in [-0.25, -0.2) is 0 Å². The summed E-state index contributed by atoms with van der Waals surface area (Å²) in [4.78, 5) is 12.1. The van der Waals surface area contributed by atoms with Gasteiger partial charge in [0, 0.05) is 18.9 Å². The molecular weight excluding hydrogens is 461 g/mol. The van der Waals surface area contributed by atoms with Crippen LogP contribution >= 0.6 is 54.5 Å². The van der Waals surface area contributed by atoms with Gasteiger partial charge in [0.15, 0.2) is 0 Å². The van der Waals surface area contributed by atoms with E-state index in [1.807, 2.05) is 32.0 Å². The zero-order chi connectivity index (χ0) is 13.1. The quantitative estimate of drug-likeness (QED) is 0.510. The first-order chi connectivity index (χ1) is 7.85. The second kappa shape index (κ2) is 6.52. The predicted molar refractivity (Wildman–Crippen MR) is 86.8 cm³/mol. The van der Waals surface area contributed by atoms with Crippen molar-refractivity contribution in [2.24, 2.45) is 0 Å². The van der Waals surface area contributed by atoms with E-state index in [4.69, 9.17) is 0 Å². The largest absolute Gasteiger partial charge is 0.347 e. The zero-order valence-corrected chi connectivity index (χ0v) is 15.0. The number of hydrogen-bond acceptors (Lipinski definition) is 1. The van der Waals surface area contributed by atoms with Crippen molar-refractivity contribution in [1.82, 2.24) is 5.32 Å². The second-order valence-electron chi connectivity index (χ2n) is 4.40. The standard InChI is InChI=1S/C12H14Br2INO/c1-12(2,5-6-13)16-11(17)9-7-8(15)3-4-10(9)14/h3-4,7H,5-6H2,1-2H3,(H,16,17). The molecule has 0 bridgehead atoms. The van der Waals surface area contributed by atoms with Crippen molar-refractivity contribution in [3.63, 3.8) is 0 Å². The first-order valence-electron chi connectivity index (χ1n) is 5.19. The third-order valence-corrected chi connectivity index (χ3v) is 4.10. The predicted octanol–water partition coefficient (Wildman–Crippen LogP) is 4.35. The molecule has 94 valence electrons. The number of carbonyl (C=O) groups excluding carboxylic acids is 1. The molecule has 0 fully saturated rings. The lowest BCUT2D eigenvalue weighted by atomic mass is 10.0. The fourth-order valence-electron chi connectivity index (χ4n) is 1.34. The van der Waals surface area contributed by atoms with Crippen LogP contribution in [0.25, 0.3) is 0 Å². The molecule has 0 unspecified atom stereocenters. The Morgan fingerprint density at radius 3 is 2.71 bits per heavy atom. The van der Waals surface area contributed by atoms with E-state index in [2.05, 4.69) is 59.8 Å². The summed E-state index contributed by atoms with van der Waals surface area (Å²) in [5, 5.41) is 3.91. The average molecular weight is 475 g/mol. The third-order valence-electron chi connectivity index (χ3n) is 2.34. The van der Waals surface area contributed by atoms with E-state index >= 15 is 0 Å². The zero-order valence-electron chi connectivity index (χ0n) is 9.69. The van der Waals surface area contributed by atoms with Gasteiger partial charge < -0.3 is 5.32 Å². The van der Waals surface area contributed by atoms with E-state index in [1.165, 1.54) is 0 Å². The van der Waals surface area contributed by atoms with Crippen LogP contribution in [0.1, 0.15) is 30.6 Å². The van der Waals surface area contributed by atoms with Crippen molar-refractivity contribution in [3.8, 4) is 0 Å². The van der Waals surface area contributed by atoms with Gasteiger partial charge >= 0.3 is 0 Å². The van der Waals surface area contributed by atoms with Crippen molar-refractivity contribution in [2.45, 2.75) is 25.8 Å². The van der Waals surface area contributed by atoms with E-state index in [0.29, 0.717) is 5.56 Å². The average Bonchev–Trinajstić information content (AvgIpc) is 2.20. The number of halogens is 3. The Labute approximate surface area is 132 Å². The summed E-state index contributed by atoms with van der Waals surface area (Å²) < 4.78 is 1.87. The molecule has 0 aromatic heterocycles. The summed E-state index contributed by atoms with van der Waals surface area (Å²) in [5.74, 6) is -0.0404. The summed E-state index contributed by atoms with van der Waals surface area (Å²) in [6, 6.07) is 5.74. The van der Waals surface area contributed by atoms with E-state index < -0.39 is 0 Å². The maximum absolute atomic E-state index is 12.1. The van der Waals surface area contributed by atoms with Crippen LogP contribution in [0, 0.1) is 3.57 Å².